The smallest absolute Gasteiger partial charge is 0.0627 e. The van der Waals surface area contributed by atoms with Crippen molar-refractivity contribution in [2.45, 2.75) is 71.5 Å². The third-order valence-corrected chi connectivity index (χ3v) is 3.30. The molecule has 0 saturated heterocycles. The summed E-state index contributed by atoms with van der Waals surface area (Å²) < 4.78 is 6.08. The summed E-state index contributed by atoms with van der Waals surface area (Å²) in [6.45, 7) is 8.95. The van der Waals surface area contributed by atoms with Gasteiger partial charge in [-0.15, -0.1) is 0 Å². The van der Waals surface area contributed by atoms with E-state index in [4.69, 9.17) is 4.74 Å². The van der Waals surface area contributed by atoms with Gasteiger partial charge in [-0.1, -0.05) is 13.8 Å². The van der Waals surface area contributed by atoms with Gasteiger partial charge in [0.25, 0.3) is 0 Å². The Hall–Kier alpha value is -0.0400. The van der Waals surface area contributed by atoms with Gasteiger partial charge in [-0.05, 0) is 51.9 Å². The molecular weight excluding hydrogens is 160 g/mol. The summed E-state index contributed by atoms with van der Waals surface area (Å²) in [6, 6.07) is 0. The van der Waals surface area contributed by atoms with Crippen LogP contribution < -0.4 is 0 Å². The highest BCUT2D eigenvalue weighted by atomic mass is 16.5. The second kappa shape index (κ2) is 4.45. The molecule has 1 nitrogen and oxygen atoms in total. The van der Waals surface area contributed by atoms with Gasteiger partial charge < -0.3 is 4.74 Å². The molecule has 0 bridgehead atoms. The van der Waals surface area contributed by atoms with Gasteiger partial charge in [0.15, 0.2) is 0 Å². The molecule has 1 aliphatic carbocycles. The second-order valence-electron chi connectivity index (χ2n) is 5.11. The van der Waals surface area contributed by atoms with Gasteiger partial charge in [0, 0.05) is 0 Å². The molecule has 0 spiro atoms. The zero-order valence-corrected chi connectivity index (χ0v) is 9.60. The third kappa shape index (κ3) is 3.68. The molecule has 1 heteroatoms. The van der Waals surface area contributed by atoms with Crippen molar-refractivity contribution in [1.29, 1.82) is 0 Å². The Morgan fingerprint density at radius 2 is 1.69 bits per heavy atom. The lowest BCUT2D eigenvalue weighted by atomic mass is 9.88. The molecule has 0 radical (unpaired) electrons. The van der Waals surface area contributed by atoms with Gasteiger partial charge in [0.05, 0.1) is 11.7 Å². The highest BCUT2D eigenvalue weighted by Crippen LogP contribution is 2.29. The zero-order chi connectivity index (χ0) is 9.90. The van der Waals surface area contributed by atoms with Crippen molar-refractivity contribution in [1.82, 2.24) is 0 Å². The van der Waals surface area contributed by atoms with Crippen molar-refractivity contribution in [3.05, 3.63) is 0 Å². The first-order valence-electron chi connectivity index (χ1n) is 5.71. The molecule has 0 unspecified atom stereocenters. The first-order valence-corrected chi connectivity index (χ1v) is 5.71. The quantitative estimate of drug-likeness (QED) is 0.648. The molecule has 0 atom stereocenters. The fraction of sp³-hybridized carbons (Fsp3) is 1.00. The molecule has 0 aromatic rings. The van der Waals surface area contributed by atoms with E-state index in [0.29, 0.717) is 6.10 Å². The maximum absolute atomic E-state index is 6.08. The number of hydrogen-bond acceptors (Lipinski definition) is 1. The maximum atomic E-state index is 6.08. The molecule has 0 aromatic heterocycles. The van der Waals surface area contributed by atoms with E-state index in [1.165, 1.54) is 25.7 Å². The molecular formula is C12H24O. The highest BCUT2D eigenvalue weighted by Gasteiger charge is 2.25. The van der Waals surface area contributed by atoms with Crippen molar-refractivity contribution in [2.75, 3.05) is 0 Å². The van der Waals surface area contributed by atoms with Crippen molar-refractivity contribution in [2.24, 2.45) is 5.92 Å². The summed E-state index contributed by atoms with van der Waals surface area (Å²) in [5, 5.41) is 0. The molecule has 1 aliphatic rings. The Bertz CT molecular complexity index is 143. The normalized spacial score (nSPS) is 30.5. The highest BCUT2D eigenvalue weighted by molar-refractivity contribution is 4.75. The summed E-state index contributed by atoms with van der Waals surface area (Å²) in [6.07, 6.45) is 6.88. The van der Waals surface area contributed by atoms with E-state index < -0.39 is 0 Å². The molecule has 0 N–H and O–H groups in total. The molecule has 0 aromatic carbocycles. The Balaban J connectivity index is 2.30. The summed E-state index contributed by atoms with van der Waals surface area (Å²) >= 11 is 0. The van der Waals surface area contributed by atoms with Crippen LogP contribution in [-0.4, -0.2) is 11.7 Å². The molecule has 78 valence electrons. The SMILES string of the molecule is CCC(C)(C)OC1CCC(C)CC1. The van der Waals surface area contributed by atoms with E-state index in [0.717, 1.165) is 12.3 Å². The fourth-order valence-electron chi connectivity index (χ4n) is 1.88. The Morgan fingerprint density at radius 1 is 1.15 bits per heavy atom. The van der Waals surface area contributed by atoms with Gasteiger partial charge in [0.2, 0.25) is 0 Å². The summed E-state index contributed by atoms with van der Waals surface area (Å²) in [5.74, 6) is 0.921. The minimum Gasteiger partial charge on any atom is -0.372 e. The molecule has 1 fully saturated rings. The van der Waals surface area contributed by atoms with Gasteiger partial charge in [-0.3, -0.25) is 0 Å². The van der Waals surface area contributed by atoms with E-state index >= 15 is 0 Å². The topological polar surface area (TPSA) is 9.23 Å². The Morgan fingerprint density at radius 3 is 2.15 bits per heavy atom. The van der Waals surface area contributed by atoms with E-state index in [1.54, 1.807) is 0 Å². The van der Waals surface area contributed by atoms with Gasteiger partial charge in [-0.2, -0.15) is 0 Å². The number of ether oxygens (including phenoxy) is 1. The maximum Gasteiger partial charge on any atom is 0.0627 e. The average molecular weight is 184 g/mol. The van der Waals surface area contributed by atoms with Crippen molar-refractivity contribution >= 4 is 0 Å². The van der Waals surface area contributed by atoms with Gasteiger partial charge >= 0.3 is 0 Å². The predicted octanol–water partition coefficient (Wildman–Crippen LogP) is 3.77. The average Bonchev–Trinajstić information content (AvgIpc) is 2.09. The molecule has 0 aliphatic heterocycles. The fourth-order valence-corrected chi connectivity index (χ4v) is 1.88. The molecule has 13 heavy (non-hydrogen) atoms. The van der Waals surface area contributed by atoms with Crippen LogP contribution in [0.4, 0.5) is 0 Å². The van der Waals surface area contributed by atoms with E-state index in [2.05, 4.69) is 27.7 Å². The Labute approximate surface area is 82.9 Å². The number of hydrogen-bond donors (Lipinski definition) is 0. The van der Waals surface area contributed by atoms with Crippen LogP contribution in [0.3, 0.4) is 0 Å². The third-order valence-electron chi connectivity index (χ3n) is 3.30. The molecule has 0 heterocycles. The first-order chi connectivity index (χ1) is 6.03. The van der Waals surface area contributed by atoms with Crippen molar-refractivity contribution in [3.63, 3.8) is 0 Å². The lowest BCUT2D eigenvalue weighted by Crippen LogP contribution is -2.32. The lowest BCUT2D eigenvalue weighted by molar-refractivity contribution is -0.0897. The van der Waals surface area contributed by atoms with Gasteiger partial charge in [0.1, 0.15) is 0 Å². The molecule has 1 saturated carbocycles. The standard InChI is InChI=1S/C12H24O/c1-5-12(3,4)13-11-8-6-10(2)7-9-11/h10-11H,5-9H2,1-4H3. The zero-order valence-electron chi connectivity index (χ0n) is 9.60. The van der Waals surface area contributed by atoms with Crippen LogP contribution in [0.1, 0.15) is 59.8 Å². The summed E-state index contributed by atoms with van der Waals surface area (Å²) in [5.41, 5.74) is 0.0885. The van der Waals surface area contributed by atoms with E-state index in [1.807, 2.05) is 0 Å². The van der Waals surface area contributed by atoms with E-state index in [-0.39, 0.29) is 5.60 Å². The van der Waals surface area contributed by atoms with E-state index in [9.17, 15) is 0 Å². The van der Waals surface area contributed by atoms with Crippen LogP contribution in [0.25, 0.3) is 0 Å². The van der Waals surface area contributed by atoms with Crippen LogP contribution in [0.5, 0.6) is 0 Å². The van der Waals surface area contributed by atoms with Crippen LogP contribution >= 0.6 is 0 Å². The van der Waals surface area contributed by atoms with Crippen molar-refractivity contribution in [3.8, 4) is 0 Å². The monoisotopic (exact) mass is 184 g/mol. The van der Waals surface area contributed by atoms with Crippen molar-refractivity contribution < 1.29 is 4.74 Å². The van der Waals surface area contributed by atoms with Crippen LogP contribution in [0.2, 0.25) is 0 Å². The summed E-state index contributed by atoms with van der Waals surface area (Å²) in [7, 11) is 0. The van der Waals surface area contributed by atoms with Crippen LogP contribution in [0.15, 0.2) is 0 Å². The van der Waals surface area contributed by atoms with Crippen LogP contribution in [0, 0.1) is 5.92 Å². The molecule has 0 amide bonds. The first kappa shape index (κ1) is 11.0. The van der Waals surface area contributed by atoms with Gasteiger partial charge in [-0.25, -0.2) is 0 Å². The summed E-state index contributed by atoms with van der Waals surface area (Å²) in [4.78, 5) is 0. The second-order valence-corrected chi connectivity index (χ2v) is 5.11. The molecule has 1 rings (SSSR count). The van der Waals surface area contributed by atoms with Crippen LogP contribution in [-0.2, 0) is 4.74 Å². The minimum absolute atomic E-state index is 0.0885. The largest absolute Gasteiger partial charge is 0.372 e. The number of rotatable bonds is 3. The minimum atomic E-state index is 0.0885. The predicted molar refractivity (Wildman–Crippen MR) is 56.9 cm³/mol. The Kier molecular flexibility index (Phi) is 3.78. The lowest BCUT2D eigenvalue weighted by Gasteiger charge is -2.33.